The van der Waals surface area contributed by atoms with E-state index < -0.39 is 0 Å². The lowest BCUT2D eigenvalue weighted by Crippen LogP contribution is -2.11. The van der Waals surface area contributed by atoms with Gasteiger partial charge in [-0.05, 0) is 31.4 Å². The van der Waals surface area contributed by atoms with Crippen LogP contribution in [0.3, 0.4) is 0 Å². The Morgan fingerprint density at radius 3 is 1.83 bits per heavy atom. The summed E-state index contributed by atoms with van der Waals surface area (Å²) < 4.78 is 10.6. The molecule has 4 heteroatoms. The summed E-state index contributed by atoms with van der Waals surface area (Å²) in [5.74, 6) is 0.0527. The summed E-state index contributed by atoms with van der Waals surface area (Å²) in [6.07, 6.45) is 16.4. The summed E-state index contributed by atoms with van der Waals surface area (Å²) in [7, 11) is 0. The van der Waals surface area contributed by atoms with Gasteiger partial charge in [-0.15, -0.1) is 0 Å². The first-order valence-corrected chi connectivity index (χ1v) is 12.1. The molecule has 0 saturated heterocycles. The second-order valence-electron chi connectivity index (χ2n) is 8.20. The highest BCUT2D eigenvalue weighted by molar-refractivity contribution is 5.74. The van der Waals surface area contributed by atoms with Gasteiger partial charge in [0.2, 0.25) is 0 Å². The highest BCUT2D eigenvalue weighted by Crippen LogP contribution is 2.17. The van der Waals surface area contributed by atoms with Crippen LogP contribution < -0.4 is 4.74 Å². The van der Waals surface area contributed by atoms with Crippen LogP contribution in [0.25, 0.3) is 0 Å². The molecule has 0 atom stereocenters. The molecule has 0 radical (unpaired) electrons. The molecule has 0 aromatic heterocycles. The van der Waals surface area contributed by atoms with Crippen molar-refractivity contribution < 1.29 is 19.1 Å². The minimum atomic E-state index is -0.307. The molecule has 1 aromatic rings. The third-order valence-corrected chi connectivity index (χ3v) is 5.34. The van der Waals surface area contributed by atoms with Crippen LogP contribution in [0.1, 0.15) is 109 Å². The van der Waals surface area contributed by atoms with E-state index >= 15 is 0 Å². The maximum atomic E-state index is 11.9. The first-order valence-electron chi connectivity index (χ1n) is 12.1. The Labute approximate surface area is 183 Å². The largest absolute Gasteiger partial charge is 0.466 e. The van der Waals surface area contributed by atoms with Gasteiger partial charge in [0.1, 0.15) is 5.75 Å². The summed E-state index contributed by atoms with van der Waals surface area (Å²) in [5, 5.41) is 0. The maximum absolute atomic E-state index is 11.9. The Hall–Kier alpha value is -1.84. The molecule has 0 spiro atoms. The molecule has 0 N–H and O–H groups in total. The van der Waals surface area contributed by atoms with Crippen molar-refractivity contribution in [1.82, 2.24) is 0 Å². The Morgan fingerprint density at radius 2 is 1.23 bits per heavy atom. The smallest absolute Gasteiger partial charge is 0.311 e. The number of hydrogen-bond donors (Lipinski definition) is 0. The van der Waals surface area contributed by atoms with Crippen molar-refractivity contribution in [3.8, 4) is 5.75 Å². The summed E-state index contributed by atoms with van der Waals surface area (Å²) in [6.45, 7) is 4.65. The van der Waals surface area contributed by atoms with Crippen LogP contribution in [0.4, 0.5) is 0 Å². The van der Waals surface area contributed by atoms with Crippen molar-refractivity contribution in [3.63, 3.8) is 0 Å². The van der Waals surface area contributed by atoms with E-state index in [1.807, 2.05) is 25.1 Å². The summed E-state index contributed by atoms with van der Waals surface area (Å²) in [6, 6.07) is 7.41. The molecule has 0 amide bonds. The Kier molecular flexibility index (Phi) is 15.7. The van der Waals surface area contributed by atoms with Gasteiger partial charge in [0.05, 0.1) is 6.61 Å². The van der Waals surface area contributed by atoms with E-state index in [1.165, 1.54) is 64.2 Å². The van der Waals surface area contributed by atoms with Gasteiger partial charge in [0.15, 0.2) is 0 Å². The zero-order chi connectivity index (χ0) is 21.9. The van der Waals surface area contributed by atoms with Crippen molar-refractivity contribution in [3.05, 3.63) is 29.8 Å². The van der Waals surface area contributed by atoms with Gasteiger partial charge < -0.3 is 9.47 Å². The van der Waals surface area contributed by atoms with Gasteiger partial charge in [-0.25, -0.2) is 0 Å². The molecule has 0 saturated carbocycles. The number of unbranched alkanes of at least 4 members (excludes halogenated alkanes) is 11. The van der Waals surface area contributed by atoms with Gasteiger partial charge in [0.25, 0.3) is 0 Å². The number of ether oxygens (including phenoxy) is 2. The molecule has 0 unspecified atom stereocenters. The van der Waals surface area contributed by atoms with Crippen LogP contribution in [0.15, 0.2) is 24.3 Å². The minimum Gasteiger partial charge on any atom is -0.466 e. The van der Waals surface area contributed by atoms with E-state index in [0.717, 1.165) is 18.4 Å². The first kappa shape index (κ1) is 26.2. The fourth-order valence-electron chi connectivity index (χ4n) is 3.42. The molecule has 4 nitrogen and oxygen atoms in total. The molecule has 30 heavy (non-hydrogen) atoms. The quantitative estimate of drug-likeness (QED) is 0.142. The lowest BCUT2D eigenvalue weighted by Gasteiger charge is -2.07. The number of aryl methyl sites for hydroxylation is 1. The number of para-hydroxylation sites is 1. The first-order chi connectivity index (χ1) is 14.6. The average molecular weight is 419 g/mol. The minimum absolute atomic E-state index is 0.221. The molecule has 0 heterocycles. The molecule has 0 fully saturated rings. The highest BCUT2D eigenvalue weighted by Gasteiger charge is 2.09. The Morgan fingerprint density at radius 1 is 0.700 bits per heavy atom. The number of benzene rings is 1. The average Bonchev–Trinajstić information content (AvgIpc) is 2.73. The SMILES string of the molecule is CCCCCCCCCCCCCCOC(=O)CCCC(=O)Oc1ccccc1C. The van der Waals surface area contributed by atoms with Crippen LogP contribution in [-0.2, 0) is 14.3 Å². The predicted molar refractivity (Wildman–Crippen MR) is 123 cm³/mol. The highest BCUT2D eigenvalue weighted by atomic mass is 16.5. The molecular weight excluding hydrogens is 376 g/mol. The second-order valence-corrected chi connectivity index (χ2v) is 8.20. The van der Waals surface area contributed by atoms with E-state index in [1.54, 1.807) is 6.07 Å². The maximum Gasteiger partial charge on any atom is 0.311 e. The number of carbonyl (C=O) groups excluding carboxylic acids is 2. The lowest BCUT2D eigenvalue weighted by molar-refractivity contribution is -0.144. The van der Waals surface area contributed by atoms with Crippen LogP contribution in [0, 0.1) is 6.92 Å². The second kappa shape index (κ2) is 18.0. The van der Waals surface area contributed by atoms with Crippen molar-refractivity contribution in [1.29, 1.82) is 0 Å². The van der Waals surface area contributed by atoms with E-state index in [-0.39, 0.29) is 24.8 Å². The van der Waals surface area contributed by atoms with Gasteiger partial charge >= 0.3 is 11.9 Å². The van der Waals surface area contributed by atoms with Gasteiger partial charge in [0, 0.05) is 12.8 Å². The molecule has 0 aliphatic rings. The zero-order valence-corrected chi connectivity index (χ0v) is 19.3. The summed E-state index contributed by atoms with van der Waals surface area (Å²) >= 11 is 0. The fourth-order valence-corrected chi connectivity index (χ4v) is 3.42. The van der Waals surface area contributed by atoms with Gasteiger partial charge in [-0.1, -0.05) is 95.8 Å². The lowest BCUT2D eigenvalue weighted by atomic mass is 10.1. The number of rotatable bonds is 18. The van der Waals surface area contributed by atoms with Crippen LogP contribution in [0.2, 0.25) is 0 Å². The summed E-state index contributed by atoms with van der Waals surface area (Å²) in [4.78, 5) is 23.6. The van der Waals surface area contributed by atoms with E-state index in [2.05, 4.69) is 6.92 Å². The van der Waals surface area contributed by atoms with Gasteiger partial charge in [-0.2, -0.15) is 0 Å². The summed E-state index contributed by atoms with van der Waals surface area (Å²) in [5.41, 5.74) is 0.924. The van der Waals surface area contributed by atoms with Crippen LogP contribution in [-0.4, -0.2) is 18.5 Å². The topological polar surface area (TPSA) is 52.6 Å². The van der Waals surface area contributed by atoms with Crippen molar-refractivity contribution in [2.45, 2.75) is 110 Å². The van der Waals surface area contributed by atoms with Crippen LogP contribution >= 0.6 is 0 Å². The van der Waals surface area contributed by atoms with E-state index in [9.17, 15) is 9.59 Å². The molecule has 1 aromatic carbocycles. The monoisotopic (exact) mass is 418 g/mol. The molecular formula is C26H42O4. The third-order valence-electron chi connectivity index (χ3n) is 5.34. The van der Waals surface area contributed by atoms with Gasteiger partial charge in [-0.3, -0.25) is 9.59 Å². The van der Waals surface area contributed by atoms with Crippen molar-refractivity contribution in [2.75, 3.05) is 6.61 Å². The van der Waals surface area contributed by atoms with Crippen molar-refractivity contribution >= 4 is 11.9 Å². The molecule has 0 aliphatic carbocycles. The third kappa shape index (κ3) is 14.2. The molecule has 1 rings (SSSR count). The van der Waals surface area contributed by atoms with E-state index in [0.29, 0.717) is 18.8 Å². The Bertz CT molecular complexity index is 582. The fraction of sp³-hybridized carbons (Fsp3) is 0.692. The molecule has 170 valence electrons. The predicted octanol–water partition coefficient (Wildman–Crippen LogP) is 7.32. The zero-order valence-electron chi connectivity index (χ0n) is 19.3. The van der Waals surface area contributed by atoms with Crippen molar-refractivity contribution in [2.24, 2.45) is 0 Å². The number of carbonyl (C=O) groups is 2. The molecule has 0 aliphatic heterocycles. The molecule has 0 bridgehead atoms. The standard InChI is InChI=1S/C26H42O4/c1-3-4-5-6-7-8-9-10-11-12-13-16-22-29-25(27)20-17-21-26(28)30-24-19-15-14-18-23(24)2/h14-15,18-19H,3-13,16-17,20-22H2,1-2H3. The number of esters is 2. The Balaban J connectivity index is 1.88. The van der Waals surface area contributed by atoms with E-state index in [4.69, 9.17) is 9.47 Å². The number of hydrogen-bond acceptors (Lipinski definition) is 4. The normalized spacial score (nSPS) is 10.7. The van der Waals surface area contributed by atoms with Crippen LogP contribution in [0.5, 0.6) is 5.75 Å².